The van der Waals surface area contributed by atoms with Crippen LogP contribution in [-0.2, 0) is 10.3 Å². The van der Waals surface area contributed by atoms with Crippen LogP contribution in [-0.4, -0.2) is 23.3 Å². The number of ether oxygens (including phenoxy) is 1. The quantitative estimate of drug-likeness (QED) is 0.831. The average molecular weight is 281 g/mol. The molecule has 20 heavy (non-hydrogen) atoms. The van der Waals surface area contributed by atoms with Crippen molar-refractivity contribution in [2.45, 2.75) is 70.3 Å². The van der Waals surface area contributed by atoms with Crippen molar-refractivity contribution in [1.29, 1.82) is 0 Å². The fraction of sp³-hybridized carbons (Fsp3) is 0.867. The highest BCUT2D eigenvalue weighted by Gasteiger charge is 2.39. The summed E-state index contributed by atoms with van der Waals surface area (Å²) < 4.78 is 11.5. The Labute approximate surface area is 121 Å². The molecule has 1 fully saturated rings. The molecule has 114 valence electrons. The highest BCUT2D eigenvalue weighted by Crippen LogP contribution is 2.39. The van der Waals surface area contributed by atoms with Crippen LogP contribution in [0.15, 0.2) is 4.52 Å². The molecule has 0 amide bonds. The maximum atomic E-state index is 6.03. The van der Waals surface area contributed by atoms with Crippen molar-refractivity contribution in [3.8, 4) is 0 Å². The molecule has 5 nitrogen and oxygen atoms in total. The molecule has 1 atom stereocenters. The summed E-state index contributed by atoms with van der Waals surface area (Å²) in [5.41, 5.74) is 5.48. The zero-order chi connectivity index (χ0) is 14.4. The van der Waals surface area contributed by atoms with Gasteiger partial charge in [0.2, 0.25) is 11.7 Å². The van der Waals surface area contributed by atoms with E-state index in [2.05, 4.69) is 17.1 Å². The molecular formula is C15H27N3O2. The van der Waals surface area contributed by atoms with Gasteiger partial charge < -0.3 is 15.0 Å². The van der Waals surface area contributed by atoms with Crippen molar-refractivity contribution in [2.75, 3.05) is 13.2 Å². The fourth-order valence-corrected chi connectivity index (χ4v) is 3.11. The summed E-state index contributed by atoms with van der Waals surface area (Å²) in [6, 6.07) is 0. The molecule has 1 aromatic rings. The van der Waals surface area contributed by atoms with Crippen molar-refractivity contribution in [3.63, 3.8) is 0 Å². The molecule has 1 aromatic heterocycles. The van der Waals surface area contributed by atoms with E-state index in [0.29, 0.717) is 19.0 Å². The Morgan fingerprint density at radius 1 is 1.30 bits per heavy atom. The standard InChI is InChI=1S/C15H27N3O2/c1-3-8-12(11-16)13-17-14(18-20-13)15(19-4-2)9-6-5-7-10-15/h12H,3-11,16H2,1-2H3. The van der Waals surface area contributed by atoms with Crippen LogP contribution in [0.1, 0.15) is 76.4 Å². The van der Waals surface area contributed by atoms with Gasteiger partial charge in [-0.3, -0.25) is 0 Å². The zero-order valence-electron chi connectivity index (χ0n) is 12.7. The zero-order valence-corrected chi connectivity index (χ0v) is 12.7. The van der Waals surface area contributed by atoms with E-state index in [0.717, 1.165) is 31.5 Å². The van der Waals surface area contributed by atoms with E-state index in [-0.39, 0.29) is 11.5 Å². The summed E-state index contributed by atoms with van der Waals surface area (Å²) in [6.07, 6.45) is 7.62. The van der Waals surface area contributed by atoms with Crippen molar-refractivity contribution >= 4 is 0 Å². The Bertz CT molecular complexity index is 394. The van der Waals surface area contributed by atoms with Crippen molar-refractivity contribution in [3.05, 3.63) is 11.7 Å². The van der Waals surface area contributed by atoms with E-state index in [1.807, 2.05) is 6.92 Å². The molecule has 5 heteroatoms. The number of aromatic nitrogens is 2. The van der Waals surface area contributed by atoms with Gasteiger partial charge in [0.15, 0.2) is 0 Å². The van der Waals surface area contributed by atoms with Gasteiger partial charge >= 0.3 is 0 Å². The van der Waals surface area contributed by atoms with Gasteiger partial charge in [-0.15, -0.1) is 0 Å². The first kappa shape index (κ1) is 15.4. The molecule has 1 unspecified atom stereocenters. The molecule has 0 spiro atoms. The summed E-state index contributed by atoms with van der Waals surface area (Å²) in [6.45, 7) is 5.40. The minimum atomic E-state index is -0.333. The predicted octanol–water partition coefficient (Wildman–Crippen LogP) is 3.11. The molecule has 1 aliphatic carbocycles. The Morgan fingerprint density at radius 3 is 2.65 bits per heavy atom. The largest absolute Gasteiger partial charge is 0.367 e. The normalized spacial score (nSPS) is 19.9. The minimum absolute atomic E-state index is 0.170. The Morgan fingerprint density at radius 2 is 2.05 bits per heavy atom. The molecule has 2 N–H and O–H groups in total. The first-order valence-electron chi connectivity index (χ1n) is 7.94. The highest BCUT2D eigenvalue weighted by atomic mass is 16.5. The summed E-state index contributed by atoms with van der Waals surface area (Å²) >= 11 is 0. The van der Waals surface area contributed by atoms with Gasteiger partial charge in [0.05, 0.1) is 5.92 Å². The molecule has 0 aromatic carbocycles. The number of nitrogens with zero attached hydrogens (tertiary/aromatic N) is 2. The maximum Gasteiger partial charge on any atom is 0.231 e. The van der Waals surface area contributed by atoms with Gasteiger partial charge in [0.1, 0.15) is 5.60 Å². The van der Waals surface area contributed by atoms with Crippen LogP contribution in [0.2, 0.25) is 0 Å². The number of nitrogens with two attached hydrogens (primary N) is 1. The van der Waals surface area contributed by atoms with E-state index in [1.165, 1.54) is 19.3 Å². The van der Waals surface area contributed by atoms with Gasteiger partial charge in [-0.05, 0) is 26.2 Å². The van der Waals surface area contributed by atoms with Crippen molar-refractivity contribution in [2.24, 2.45) is 5.73 Å². The van der Waals surface area contributed by atoms with E-state index < -0.39 is 0 Å². The summed E-state index contributed by atoms with van der Waals surface area (Å²) in [5, 5.41) is 4.22. The summed E-state index contributed by atoms with van der Waals surface area (Å²) in [4.78, 5) is 4.63. The Kier molecular flexibility index (Phi) is 5.54. The van der Waals surface area contributed by atoms with Crippen molar-refractivity contribution < 1.29 is 9.26 Å². The lowest BCUT2D eigenvalue weighted by atomic mass is 9.84. The van der Waals surface area contributed by atoms with Crippen molar-refractivity contribution in [1.82, 2.24) is 10.1 Å². The molecule has 2 rings (SSSR count). The third kappa shape index (κ3) is 3.20. The third-order valence-corrected chi connectivity index (χ3v) is 4.20. The topological polar surface area (TPSA) is 74.2 Å². The lowest BCUT2D eigenvalue weighted by molar-refractivity contribution is -0.0777. The van der Waals surface area contributed by atoms with Crippen LogP contribution in [0.25, 0.3) is 0 Å². The van der Waals surface area contributed by atoms with Crippen LogP contribution < -0.4 is 5.73 Å². The van der Waals surface area contributed by atoms with Crippen LogP contribution in [0, 0.1) is 0 Å². The first-order valence-corrected chi connectivity index (χ1v) is 7.94. The minimum Gasteiger partial charge on any atom is -0.367 e. The molecule has 0 saturated heterocycles. The SMILES string of the molecule is CCCC(CN)c1nc(C2(OCC)CCCCC2)no1. The van der Waals surface area contributed by atoms with E-state index in [4.69, 9.17) is 15.0 Å². The number of hydrogen-bond acceptors (Lipinski definition) is 5. The lowest BCUT2D eigenvalue weighted by Crippen LogP contribution is -2.33. The van der Waals surface area contributed by atoms with E-state index in [9.17, 15) is 0 Å². The number of hydrogen-bond donors (Lipinski definition) is 1. The summed E-state index contributed by atoms with van der Waals surface area (Å²) in [7, 11) is 0. The second-order valence-corrected chi connectivity index (χ2v) is 5.67. The predicted molar refractivity (Wildman–Crippen MR) is 77.4 cm³/mol. The monoisotopic (exact) mass is 281 g/mol. The van der Waals surface area contributed by atoms with Gasteiger partial charge in [-0.25, -0.2) is 0 Å². The average Bonchev–Trinajstić information content (AvgIpc) is 2.96. The molecule has 0 bridgehead atoms. The smallest absolute Gasteiger partial charge is 0.231 e. The van der Waals surface area contributed by atoms with Crippen LogP contribution in [0.3, 0.4) is 0 Å². The molecule has 1 aliphatic rings. The second-order valence-electron chi connectivity index (χ2n) is 5.67. The molecule has 1 heterocycles. The lowest BCUT2D eigenvalue weighted by Gasteiger charge is -2.33. The Hall–Kier alpha value is -0.940. The maximum absolute atomic E-state index is 6.03. The molecule has 0 aliphatic heterocycles. The Balaban J connectivity index is 2.19. The van der Waals surface area contributed by atoms with Gasteiger partial charge in [-0.2, -0.15) is 4.98 Å². The van der Waals surface area contributed by atoms with Gasteiger partial charge in [-0.1, -0.05) is 37.8 Å². The van der Waals surface area contributed by atoms with Gasteiger partial charge in [0.25, 0.3) is 0 Å². The fourth-order valence-electron chi connectivity index (χ4n) is 3.11. The first-order chi connectivity index (χ1) is 9.75. The van der Waals surface area contributed by atoms with Gasteiger partial charge in [0, 0.05) is 13.2 Å². The molecule has 1 saturated carbocycles. The summed E-state index contributed by atoms with van der Waals surface area (Å²) in [5.74, 6) is 1.57. The van der Waals surface area contributed by atoms with Crippen LogP contribution >= 0.6 is 0 Å². The van der Waals surface area contributed by atoms with E-state index in [1.54, 1.807) is 0 Å². The highest BCUT2D eigenvalue weighted by molar-refractivity contribution is 5.05. The van der Waals surface area contributed by atoms with Crippen LogP contribution in [0.5, 0.6) is 0 Å². The second kappa shape index (κ2) is 7.18. The van der Waals surface area contributed by atoms with E-state index >= 15 is 0 Å². The van der Waals surface area contributed by atoms with Crippen LogP contribution in [0.4, 0.5) is 0 Å². The molecular weight excluding hydrogens is 254 g/mol. The number of rotatable bonds is 7. The molecule has 0 radical (unpaired) electrons. The third-order valence-electron chi connectivity index (χ3n) is 4.20.